The van der Waals surface area contributed by atoms with E-state index >= 15 is 0 Å². The van der Waals surface area contributed by atoms with Gasteiger partial charge in [0.1, 0.15) is 11.6 Å². The summed E-state index contributed by atoms with van der Waals surface area (Å²) < 4.78 is 29.5. The van der Waals surface area contributed by atoms with Gasteiger partial charge in [-0.15, -0.1) is 10.2 Å². The normalized spacial score (nSPS) is 26.7. The molecule has 4 saturated carbocycles. The lowest BCUT2D eigenvalue weighted by Crippen LogP contribution is -2.53. The first-order valence-corrected chi connectivity index (χ1v) is 13.3. The number of halogens is 2. The minimum absolute atomic E-state index is 0.124. The summed E-state index contributed by atoms with van der Waals surface area (Å²) in [5.74, 6) is 2.58. The van der Waals surface area contributed by atoms with E-state index in [0.29, 0.717) is 40.2 Å². The Kier molecular flexibility index (Phi) is 5.87. The van der Waals surface area contributed by atoms with Gasteiger partial charge in [0.05, 0.1) is 12.2 Å². The molecule has 0 saturated heterocycles. The number of hydrogen-bond donors (Lipinski definition) is 1. The number of rotatable bonds is 7. The van der Waals surface area contributed by atoms with Crippen LogP contribution in [0.2, 0.25) is 0 Å². The van der Waals surface area contributed by atoms with Gasteiger partial charge in [-0.1, -0.05) is 30.0 Å². The van der Waals surface area contributed by atoms with E-state index < -0.39 is 0 Å². The number of amides is 1. The summed E-state index contributed by atoms with van der Waals surface area (Å²) >= 11 is 1.40. The number of nitrogens with zero attached hydrogens (tertiary/aromatic N) is 3. The molecule has 0 spiro atoms. The molecule has 0 radical (unpaired) electrons. The minimum atomic E-state index is -0.360. The number of carbonyl (C=O) groups is 1. The molecule has 3 aromatic rings. The van der Waals surface area contributed by atoms with Crippen LogP contribution in [0.25, 0.3) is 5.69 Å². The fourth-order valence-corrected chi connectivity index (χ4v) is 7.81. The zero-order valence-electron chi connectivity index (χ0n) is 19.4. The summed E-state index contributed by atoms with van der Waals surface area (Å²) in [6.45, 7) is 0.227. The van der Waals surface area contributed by atoms with Crippen molar-refractivity contribution in [3.63, 3.8) is 0 Å². The van der Waals surface area contributed by atoms with Crippen LogP contribution in [0.15, 0.2) is 53.7 Å². The van der Waals surface area contributed by atoms with Gasteiger partial charge in [-0.3, -0.25) is 9.36 Å². The molecule has 4 fully saturated rings. The van der Waals surface area contributed by atoms with Crippen LogP contribution >= 0.6 is 11.8 Å². The highest BCUT2D eigenvalue weighted by Gasteiger charge is 2.54. The Morgan fingerprint density at radius 2 is 1.63 bits per heavy atom. The number of carbonyl (C=O) groups excluding carboxylic acids is 1. The molecular formula is C27H28F2N4OS. The van der Waals surface area contributed by atoms with Gasteiger partial charge in [0, 0.05) is 11.2 Å². The maximum atomic E-state index is 14.1. The van der Waals surface area contributed by atoms with Crippen LogP contribution in [0.5, 0.6) is 0 Å². The molecule has 4 bridgehead atoms. The lowest BCUT2D eigenvalue weighted by Gasteiger charge is -2.55. The number of nitrogens with one attached hydrogen (secondary N) is 1. The summed E-state index contributed by atoms with van der Waals surface area (Å²) in [5, 5.41) is 12.4. The van der Waals surface area contributed by atoms with Gasteiger partial charge in [-0.2, -0.15) is 0 Å². The Morgan fingerprint density at radius 1 is 0.971 bits per heavy atom. The Hall–Kier alpha value is -2.74. The predicted molar refractivity (Wildman–Crippen MR) is 130 cm³/mol. The molecule has 182 valence electrons. The second-order valence-electron chi connectivity index (χ2n) is 10.5. The van der Waals surface area contributed by atoms with Crippen molar-refractivity contribution >= 4 is 17.7 Å². The minimum Gasteiger partial charge on any atom is -0.348 e. The zero-order valence-corrected chi connectivity index (χ0v) is 20.2. The fourth-order valence-electron chi connectivity index (χ4n) is 6.89. The zero-order chi connectivity index (χ0) is 24.0. The first kappa shape index (κ1) is 22.7. The second kappa shape index (κ2) is 9.04. The van der Waals surface area contributed by atoms with Gasteiger partial charge < -0.3 is 5.32 Å². The Bertz CT molecular complexity index is 1220. The largest absolute Gasteiger partial charge is 0.348 e. The van der Waals surface area contributed by atoms with E-state index in [-0.39, 0.29) is 29.5 Å². The average Bonchev–Trinajstić information content (AvgIpc) is 3.23. The van der Waals surface area contributed by atoms with Crippen LogP contribution in [-0.4, -0.2) is 20.7 Å². The topological polar surface area (TPSA) is 59.8 Å². The van der Waals surface area contributed by atoms with Gasteiger partial charge in [-0.05, 0) is 92.2 Å². The molecule has 4 aliphatic rings. The van der Waals surface area contributed by atoms with Crippen molar-refractivity contribution in [3.05, 3.63) is 71.6 Å². The Morgan fingerprint density at radius 3 is 2.29 bits per heavy atom. The molecule has 1 heterocycles. The number of benzene rings is 2. The summed E-state index contributed by atoms with van der Waals surface area (Å²) in [5.41, 5.74) is 1.17. The van der Waals surface area contributed by atoms with Crippen LogP contribution < -0.4 is 5.32 Å². The van der Waals surface area contributed by atoms with E-state index in [2.05, 4.69) is 15.5 Å². The van der Waals surface area contributed by atoms with E-state index in [9.17, 15) is 13.6 Å². The summed E-state index contributed by atoms with van der Waals surface area (Å²) in [7, 11) is 0. The molecular weight excluding hydrogens is 466 g/mol. The van der Waals surface area contributed by atoms with Crippen LogP contribution in [-0.2, 0) is 17.1 Å². The Balaban J connectivity index is 1.23. The third-order valence-electron chi connectivity index (χ3n) is 7.95. The maximum Gasteiger partial charge on any atom is 0.226 e. The summed E-state index contributed by atoms with van der Waals surface area (Å²) in [6.07, 6.45) is 6.84. The molecule has 4 aliphatic carbocycles. The van der Waals surface area contributed by atoms with Crippen molar-refractivity contribution in [3.8, 4) is 5.69 Å². The molecule has 7 rings (SSSR count). The van der Waals surface area contributed by atoms with Crippen LogP contribution in [0.4, 0.5) is 8.78 Å². The van der Waals surface area contributed by atoms with E-state index in [1.54, 1.807) is 22.8 Å². The van der Waals surface area contributed by atoms with E-state index in [1.165, 1.54) is 55.3 Å². The van der Waals surface area contributed by atoms with E-state index in [1.807, 2.05) is 6.07 Å². The molecule has 0 atom stereocenters. The standard InChI is InChI=1S/C27H28F2N4OS/c28-21-4-1-3-17(10-21)16-35-26-32-31-24(33(26)23-6-2-5-22(29)11-23)15-30-25(34)27-12-18-7-19(13-27)9-20(8-18)14-27/h1-6,10-11,18-20H,7-9,12-16H2,(H,30,34). The molecule has 0 aliphatic heterocycles. The van der Waals surface area contributed by atoms with Crippen LogP contribution in [0.3, 0.4) is 0 Å². The lowest BCUT2D eigenvalue weighted by molar-refractivity contribution is -0.146. The molecule has 35 heavy (non-hydrogen) atoms. The van der Waals surface area contributed by atoms with E-state index in [4.69, 9.17) is 0 Å². The third kappa shape index (κ3) is 4.48. The summed E-state index contributed by atoms with van der Waals surface area (Å²) in [6, 6.07) is 12.7. The first-order valence-electron chi connectivity index (χ1n) is 12.3. The second-order valence-corrected chi connectivity index (χ2v) is 11.5. The third-order valence-corrected chi connectivity index (χ3v) is 8.95. The van der Waals surface area contributed by atoms with Gasteiger partial charge in [-0.25, -0.2) is 8.78 Å². The summed E-state index contributed by atoms with van der Waals surface area (Å²) in [4.78, 5) is 13.5. The van der Waals surface area contributed by atoms with E-state index in [0.717, 1.165) is 24.8 Å². The van der Waals surface area contributed by atoms with Gasteiger partial charge >= 0.3 is 0 Å². The highest BCUT2D eigenvalue weighted by atomic mass is 32.2. The van der Waals surface area contributed by atoms with Crippen molar-refractivity contribution < 1.29 is 13.6 Å². The van der Waals surface area contributed by atoms with Gasteiger partial charge in [0.2, 0.25) is 5.91 Å². The van der Waals surface area contributed by atoms with Crippen molar-refractivity contribution in [1.29, 1.82) is 0 Å². The molecule has 8 heteroatoms. The SMILES string of the molecule is O=C(NCc1nnc(SCc2cccc(F)c2)n1-c1cccc(F)c1)C12CC3CC(CC(C3)C1)C2. The van der Waals surface area contributed by atoms with Crippen molar-refractivity contribution in [2.24, 2.45) is 23.2 Å². The highest BCUT2D eigenvalue weighted by molar-refractivity contribution is 7.98. The average molecular weight is 495 g/mol. The Labute approximate surface area is 207 Å². The molecule has 1 N–H and O–H groups in total. The molecule has 1 amide bonds. The van der Waals surface area contributed by atoms with Crippen molar-refractivity contribution in [1.82, 2.24) is 20.1 Å². The van der Waals surface area contributed by atoms with Crippen molar-refractivity contribution in [2.45, 2.75) is 56.0 Å². The number of hydrogen-bond acceptors (Lipinski definition) is 4. The fraction of sp³-hybridized carbons (Fsp3) is 0.444. The number of thioether (sulfide) groups is 1. The first-order chi connectivity index (χ1) is 17.0. The van der Waals surface area contributed by atoms with Crippen molar-refractivity contribution in [2.75, 3.05) is 0 Å². The molecule has 1 aromatic heterocycles. The molecule has 2 aromatic carbocycles. The smallest absolute Gasteiger partial charge is 0.226 e. The van der Waals surface area contributed by atoms with Gasteiger partial charge in [0.25, 0.3) is 0 Å². The van der Waals surface area contributed by atoms with Crippen LogP contribution in [0.1, 0.15) is 49.9 Å². The van der Waals surface area contributed by atoms with Gasteiger partial charge in [0.15, 0.2) is 11.0 Å². The molecule has 0 unspecified atom stereocenters. The number of aromatic nitrogens is 3. The predicted octanol–water partition coefficient (Wildman–Crippen LogP) is 5.67. The van der Waals surface area contributed by atoms with Crippen LogP contribution in [0, 0.1) is 34.8 Å². The monoisotopic (exact) mass is 494 g/mol. The quantitative estimate of drug-likeness (QED) is 0.430. The lowest BCUT2D eigenvalue weighted by atomic mass is 9.49. The molecule has 5 nitrogen and oxygen atoms in total. The highest BCUT2D eigenvalue weighted by Crippen LogP contribution is 2.60. The maximum absolute atomic E-state index is 14.1.